The summed E-state index contributed by atoms with van der Waals surface area (Å²) < 4.78 is 5.02. The van der Waals surface area contributed by atoms with Crippen molar-refractivity contribution in [1.29, 1.82) is 0 Å². The second kappa shape index (κ2) is 8.92. The zero-order valence-corrected chi connectivity index (χ0v) is 11.5. The average molecular weight is 280 g/mol. The fourth-order valence-electron chi connectivity index (χ4n) is 1.68. The molecule has 1 aromatic rings. The number of benzene rings is 1. The van der Waals surface area contributed by atoms with Crippen molar-refractivity contribution >= 4 is 17.7 Å². The third-order valence-corrected chi connectivity index (χ3v) is 2.60. The lowest BCUT2D eigenvalue weighted by Crippen LogP contribution is -2.29. The van der Waals surface area contributed by atoms with Crippen LogP contribution in [0.3, 0.4) is 0 Å². The van der Waals surface area contributed by atoms with Gasteiger partial charge in [-0.05, 0) is 30.5 Å². The molecule has 0 aliphatic carbocycles. The van der Waals surface area contributed by atoms with Crippen LogP contribution in [0, 0.1) is 0 Å². The van der Waals surface area contributed by atoms with E-state index >= 15 is 0 Å². The summed E-state index contributed by atoms with van der Waals surface area (Å²) in [6, 6.07) is 7.10. The molecule has 0 saturated heterocycles. The molecule has 0 radical (unpaired) electrons. The van der Waals surface area contributed by atoms with E-state index in [4.69, 9.17) is 9.84 Å². The van der Waals surface area contributed by atoms with Gasteiger partial charge in [0.05, 0.1) is 6.61 Å². The van der Waals surface area contributed by atoms with Crippen LogP contribution < -0.4 is 10.6 Å². The summed E-state index contributed by atoms with van der Waals surface area (Å²) >= 11 is 0. The van der Waals surface area contributed by atoms with Gasteiger partial charge in [0.25, 0.3) is 0 Å². The number of unbranched alkanes of at least 4 members (excludes halogenated alkanes) is 1. The van der Waals surface area contributed by atoms with Gasteiger partial charge < -0.3 is 20.5 Å². The van der Waals surface area contributed by atoms with Crippen molar-refractivity contribution in [3.8, 4) is 0 Å². The summed E-state index contributed by atoms with van der Waals surface area (Å²) in [5.41, 5.74) is 1.68. The molecule has 6 nitrogen and oxygen atoms in total. The number of methoxy groups -OCH3 is 1. The van der Waals surface area contributed by atoms with Crippen LogP contribution in [0.15, 0.2) is 24.3 Å². The number of hydrogen-bond donors (Lipinski definition) is 3. The predicted molar refractivity (Wildman–Crippen MR) is 75.7 cm³/mol. The number of aliphatic carboxylic acids is 1. The molecule has 110 valence electrons. The number of carboxylic acid groups (broad SMARTS) is 1. The van der Waals surface area contributed by atoms with E-state index in [0.717, 1.165) is 5.56 Å². The van der Waals surface area contributed by atoms with Gasteiger partial charge in [0.1, 0.15) is 0 Å². The zero-order valence-electron chi connectivity index (χ0n) is 11.5. The first-order valence-electron chi connectivity index (χ1n) is 6.46. The first kappa shape index (κ1) is 16.0. The molecule has 3 N–H and O–H groups in total. The van der Waals surface area contributed by atoms with Gasteiger partial charge in [0.2, 0.25) is 0 Å². The number of ether oxygens (including phenoxy) is 1. The van der Waals surface area contributed by atoms with Gasteiger partial charge >= 0.3 is 12.0 Å². The molecule has 1 rings (SSSR count). The molecule has 0 fully saturated rings. The first-order valence-corrected chi connectivity index (χ1v) is 6.46. The number of amides is 2. The number of hydrogen-bond acceptors (Lipinski definition) is 3. The van der Waals surface area contributed by atoms with Crippen LogP contribution in [0.5, 0.6) is 0 Å². The minimum atomic E-state index is -0.815. The molecule has 0 aromatic heterocycles. The molecule has 0 aliphatic rings. The number of carbonyl (C=O) groups excluding carboxylic acids is 1. The van der Waals surface area contributed by atoms with E-state index in [1.807, 2.05) is 18.2 Å². The van der Waals surface area contributed by atoms with Gasteiger partial charge in [-0.1, -0.05) is 12.1 Å². The normalized spacial score (nSPS) is 10.1. The van der Waals surface area contributed by atoms with E-state index in [1.54, 1.807) is 13.2 Å². The predicted octanol–water partition coefficient (Wildman–Crippen LogP) is 2.21. The molecule has 20 heavy (non-hydrogen) atoms. The molecule has 0 heterocycles. The monoisotopic (exact) mass is 280 g/mol. The standard InChI is InChI=1S/C14H20N2O4/c1-20-10-11-5-4-6-12(9-11)16-14(19)15-8-3-2-7-13(17)18/h4-6,9H,2-3,7-8,10H2,1H3,(H,17,18)(H2,15,16,19). The Morgan fingerprint density at radius 2 is 2.10 bits per heavy atom. The first-order chi connectivity index (χ1) is 9.61. The Hall–Kier alpha value is -2.08. The van der Waals surface area contributed by atoms with Crippen LogP contribution >= 0.6 is 0 Å². The molecule has 2 amide bonds. The summed E-state index contributed by atoms with van der Waals surface area (Å²) in [5.74, 6) is -0.815. The Bertz CT molecular complexity index is 449. The van der Waals surface area contributed by atoms with Crippen LogP contribution in [0.2, 0.25) is 0 Å². The zero-order chi connectivity index (χ0) is 14.8. The molecular weight excluding hydrogens is 260 g/mol. The van der Waals surface area contributed by atoms with E-state index in [9.17, 15) is 9.59 Å². The molecule has 0 saturated carbocycles. The van der Waals surface area contributed by atoms with Gasteiger partial charge in [-0.3, -0.25) is 4.79 Å². The number of rotatable bonds is 8. The van der Waals surface area contributed by atoms with Gasteiger partial charge in [-0.15, -0.1) is 0 Å². The highest BCUT2D eigenvalue weighted by atomic mass is 16.5. The lowest BCUT2D eigenvalue weighted by atomic mass is 10.2. The maximum atomic E-state index is 11.6. The van der Waals surface area contributed by atoms with Crippen LogP contribution in [0.1, 0.15) is 24.8 Å². The second-order valence-corrected chi connectivity index (χ2v) is 4.37. The summed E-state index contributed by atoms with van der Waals surface area (Å²) in [6.07, 6.45) is 1.32. The molecule has 0 spiro atoms. The number of urea groups is 1. The quantitative estimate of drug-likeness (QED) is 0.637. The topological polar surface area (TPSA) is 87.7 Å². The fraction of sp³-hybridized carbons (Fsp3) is 0.429. The van der Waals surface area contributed by atoms with Crippen LogP contribution in [0.25, 0.3) is 0 Å². The highest BCUT2D eigenvalue weighted by Gasteiger charge is 2.02. The Balaban J connectivity index is 2.27. The molecule has 0 aliphatic heterocycles. The lowest BCUT2D eigenvalue weighted by molar-refractivity contribution is -0.137. The van der Waals surface area contributed by atoms with Crippen LogP contribution in [-0.4, -0.2) is 30.8 Å². The third kappa shape index (κ3) is 6.75. The van der Waals surface area contributed by atoms with Crippen molar-refractivity contribution in [1.82, 2.24) is 5.32 Å². The minimum absolute atomic E-state index is 0.127. The van der Waals surface area contributed by atoms with Gasteiger partial charge in [-0.25, -0.2) is 4.79 Å². The summed E-state index contributed by atoms with van der Waals surface area (Å²) in [4.78, 5) is 21.9. The van der Waals surface area contributed by atoms with E-state index in [1.165, 1.54) is 0 Å². The van der Waals surface area contributed by atoms with Crippen molar-refractivity contribution in [3.05, 3.63) is 29.8 Å². The maximum Gasteiger partial charge on any atom is 0.319 e. The number of carbonyl (C=O) groups is 2. The van der Waals surface area contributed by atoms with Crippen LogP contribution in [-0.2, 0) is 16.1 Å². The summed E-state index contributed by atoms with van der Waals surface area (Å²) in [6.45, 7) is 0.948. The van der Waals surface area contributed by atoms with Crippen molar-refractivity contribution in [3.63, 3.8) is 0 Å². The maximum absolute atomic E-state index is 11.6. The van der Waals surface area contributed by atoms with Crippen molar-refractivity contribution in [2.75, 3.05) is 19.0 Å². The van der Waals surface area contributed by atoms with Crippen molar-refractivity contribution in [2.24, 2.45) is 0 Å². The largest absolute Gasteiger partial charge is 0.481 e. The third-order valence-electron chi connectivity index (χ3n) is 2.60. The highest BCUT2D eigenvalue weighted by molar-refractivity contribution is 5.89. The smallest absolute Gasteiger partial charge is 0.319 e. The second-order valence-electron chi connectivity index (χ2n) is 4.37. The Labute approximate surface area is 118 Å². The highest BCUT2D eigenvalue weighted by Crippen LogP contribution is 2.11. The molecular formula is C14H20N2O4. The Morgan fingerprint density at radius 1 is 1.30 bits per heavy atom. The number of nitrogens with one attached hydrogen (secondary N) is 2. The van der Waals surface area contributed by atoms with Crippen molar-refractivity contribution < 1.29 is 19.4 Å². The SMILES string of the molecule is COCc1cccc(NC(=O)NCCCCC(=O)O)c1. The summed E-state index contributed by atoms with van der Waals surface area (Å²) in [7, 11) is 1.62. The molecule has 0 bridgehead atoms. The molecule has 0 atom stereocenters. The number of carboxylic acids is 1. The fourth-order valence-corrected chi connectivity index (χ4v) is 1.68. The van der Waals surface area contributed by atoms with Crippen molar-refractivity contribution in [2.45, 2.75) is 25.9 Å². The van der Waals surface area contributed by atoms with Crippen LogP contribution in [0.4, 0.5) is 10.5 Å². The minimum Gasteiger partial charge on any atom is -0.481 e. The molecule has 1 aromatic carbocycles. The summed E-state index contributed by atoms with van der Waals surface area (Å²) in [5, 5.41) is 13.9. The average Bonchev–Trinajstić information content (AvgIpc) is 2.38. The van der Waals surface area contributed by atoms with Gasteiger partial charge in [0.15, 0.2) is 0 Å². The van der Waals surface area contributed by atoms with E-state index in [0.29, 0.717) is 31.7 Å². The van der Waals surface area contributed by atoms with E-state index < -0.39 is 5.97 Å². The molecule has 0 unspecified atom stereocenters. The van der Waals surface area contributed by atoms with Gasteiger partial charge in [-0.2, -0.15) is 0 Å². The lowest BCUT2D eigenvalue weighted by Gasteiger charge is -2.08. The van der Waals surface area contributed by atoms with E-state index in [-0.39, 0.29) is 12.5 Å². The number of anilines is 1. The van der Waals surface area contributed by atoms with Gasteiger partial charge in [0, 0.05) is 25.8 Å². The molecule has 6 heteroatoms. The Morgan fingerprint density at radius 3 is 2.80 bits per heavy atom. The van der Waals surface area contributed by atoms with E-state index in [2.05, 4.69) is 10.6 Å². The Kier molecular flexibility index (Phi) is 7.13.